The molecule has 0 bridgehead atoms. The molecule has 1 amide bonds. The predicted molar refractivity (Wildman–Crippen MR) is 90.1 cm³/mol. The average molecular weight is 323 g/mol. The van der Waals surface area contributed by atoms with Crippen LogP contribution in [0.2, 0.25) is 5.02 Å². The van der Waals surface area contributed by atoms with E-state index in [1.54, 1.807) is 0 Å². The third kappa shape index (κ3) is 2.62. The zero-order valence-electron chi connectivity index (χ0n) is 12.2. The van der Waals surface area contributed by atoms with Gasteiger partial charge in [-0.2, -0.15) is 0 Å². The van der Waals surface area contributed by atoms with Crippen LogP contribution in [0.5, 0.6) is 0 Å². The lowest BCUT2D eigenvalue weighted by Gasteiger charge is -2.19. The van der Waals surface area contributed by atoms with E-state index in [-0.39, 0.29) is 11.9 Å². The number of anilines is 1. The lowest BCUT2D eigenvalue weighted by atomic mass is 9.98. The Bertz CT molecular complexity index is 697. The van der Waals surface area contributed by atoms with E-state index in [2.05, 4.69) is 19.2 Å². The van der Waals surface area contributed by atoms with E-state index in [0.717, 1.165) is 16.5 Å². The van der Waals surface area contributed by atoms with Crippen LogP contribution in [-0.2, 0) is 0 Å². The number of fused-ring (bicyclic) bond motifs is 1. The topological polar surface area (TPSA) is 55.1 Å². The summed E-state index contributed by atoms with van der Waals surface area (Å²) in [5, 5.41) is 4.65. The van der Waals surface area contributed by atoms with Gasteiger partial charge in [0.05, 0.1) is 5.69 Å². The Hall–Kier alpha value is -1.26. The maximum Gasteiger partial charge on any atom is 0.263 e. The average Bonchev–Trinajstić information content (AvgIpc) is 2.94. The molecule has 1 aromatic heterocycles. The molecule has 112 valence electrons. The van der Waals surface area contributed by atoms with Crippen LogP contribution in [0.15, 0.2) is 18.2 Å². The number of carbonyl (C=O) groups is 1. The Labute approximate surface area is 133 Å². The minimum atomic E-state index is -0.0595. The Kier molecular flexibility index (Phi) is 3.84. The predicted octanol–water partition coefficient (Wildman–Crippen LogP) is 4.30. The summed E-state index contributed by atoms with van der Waals surface area (Å²) in [4.78, 5) is 13.1. The van der Waals surface area contributed by atoms with Crippen molar-refractivity contribution >= 4 is 44.6 Å². The number of nitrogens with two attached hydrogens (primary N) is 1. The molecule has 0 saturated heterocycles. The van der Waals surface area contributed by atoms with E-state index in [9.17, 15) is 4.79 Å². The van der Waals surface area contributed by atoms with Crippen LogP contribution in [0.25, 0.3) is 10.1 Å². The van der Waals surface area contributed by atoms with Gasteiger partial charge in [-0.3, -0.25) is 4.79 Å². The van der Waals surface area contributed by atoms with Crippen molar-refractivity contribution in [1.29, 1.82) is 0 Å². The molecule has 5 heteroatoms. The minimum absolute atomic E-state index is 0.0595. The van der Waals surface area contributed by atoms with Crippen molar-refractivity contribution < 1.29 is 4.79 Å². The molecule has 1 heterocycles. The summed E-state index contributed by atoms with van der Waals surface area (Å²) < 4.78 is 0.995. The van der Waals surface area contributed by atoms with E-state index >= 15 is 0 Å². The van der Waals surface area contributed by atoms with Gasteiger partial charge in [0.15, 0.2) is 0 Å². The molecule has 3 unspecified atom stereocenters. The number of halogens is 1. The second-order valence-corrected chi connectivity index (χ2v) is 7.47. The van der Waals surface area contributed by atoms with Crippen molar-refractivity contribution in [3.63, 3.8) is 0 Å². The maximum atomic E-state index is 12.5. The largest absolute Gasteiger partial charge is 0.397 e. The van der Waals surface area contributed by atoms with Crippen LogP contribution in [0.3, 0.4) is 0 Å². The fourth-order valence-electron chi connectivity index (χ4n) is 3.06. The highest BCUT2D eigenvalue weighted by Gasteiger charge is 2.31. The van der Waals surface area contributed by atoms with E-state index in [0.29, 0.717) is 27.4 Å². The molecule has 1 aromatic carbocycles. The highest BCUT2D eigenvalue weighted by molar-refractivity contribution is 7.21. The van der Waals surface area contributed by atoms with Gasteiger partial charge in [0.25, 0.3) is 5.91 Å². The zero-order chi connectivity index (χ0) is 15.1. The van der Waals surface area contributed by atoms with E-state index < -0.39 is 0 Å². The molecular weight excluding hydrogens is 304 g/mol. The van der Waals surface area contributed by atoms with Crippen LogP contribution in [0.4, 0.5) is 5.69 Å². The lowest BCUT2D eigenvalue weighted by molar-refractivity contribution is 0.0932. The second kappa shape index (κ2) is 5.50. The number of nitrogen functional groups attached to an aromatic ring is 1. The first-order valence-corrected chi connectivity index (χ1v) is 8.45. The Morgan fingerprint density at radius 2 is 2.14 bits per heavy atom. The molecule has 1 aliphatic carbocycles. The summed E-state index contributed by atoms with van der Waals surface area (Å²) in [6.07, 6.45) is 2.22. The van der Waals surface area contributed by atoms with Crippen LogP contribution in [0.1, 0.15) is 36.4 Å². The third-order valence-corrected chi connectivity index (χ3v) is 6.10. The summed E-state index contributed by atoms with van der Waals surface area (Å²) in [7, 11) is 0. The molecule has 0 aliphatic heterocycles. The number of hydrogen-bond acceptors (Lipinski definition) is 3. The molecule has 3 atom stereocenters. The molecule has 21 heavy (non-hydrogen) atoms. The summed E-state index contributed by atoms with van der Waals surface area (Å²) in [6, 6.07) is 5.80. The molecule has 2 aromatic rings. The minimum Gasteiger partial charge on any atom is -0.397 e. The maximum absolute atomic E-state index is 12.5. The van der Waals surface area contributed by atoms with Gasteiger partial charge in [-0.25, -0.2) is 0 Å². The van der Waals surface area contributed by atoms with Crippen LogP contribution < -0.4 is 11.1 Å². The van der Waals surface area contributed by atoms with Gasteiger partial charge < -0.3 is 11.1 Å². The van der Waals surface area contributed by atoms with Crippen molar-refractivity contribution in [2.75, 3.05) is 5.73 Å². The van der Waals surface area contributed by atoms with Crippen LogP contribution >= 0.6 is 22.9 Å². The van der Waals surface area contributed by atoms with Crippen molar-refractivity contribution in [2.24, 2.45) is 11.8 Å². The van der Waals surface area contributed by atoms with Gasteiger partial charge in [0, 0.05) is 21.2 Å². The summed E-state index contributed by atoms with van der Waals surface area (Å²) in [6.45, 7) is 4.45. The number of rotatable bonds is 2. The van der Waals surface area contributed by atoms with Crippen molar-refractivity contribution in [3.05, 3.63) is 28.1 Å². The monoisotopic (exact) mass is 322 g/mol. The molecule has 0 radical (unpaired) electrons. The smallest absolute Gasteiger partial charge is 0.263 e. The van der Waals surface area contributed by atoms with Gasteiger partial charge in [-0.1, -0.05) is 25.4 Å². The molecule has 1 aliphatic rings. The number of hydrogen-bond donors (Lipinski definition) is 2. The summed E-state index contributed by atoms with van der Waals surface area (Å²) in [5.74, 6) is 1.11. The number of nitrogens with one attached hydrogen (secondary N) is 1. The standard InChI is InChI=1S/C16H19ClN2OS/c1-8-3-5-12(9(8)2)19-16(20)15-14(18)11-7-10(17)4-6-13(11)21-15/h4,6-9,12H,3,5,18H2,1-2H3,(H,19,20). The zero-order valence-corrected chi connectivity index (χ0v) is 13.7. The van der Waals surface area contributed by atoms with Gasteiger partial charge >= 0.3 is 0 Å². The lowest BCUT2D eigenvalue weighted by Crippen LogP contribution is -2.37. The first kappa shape index (κ1) is 14.7. The summed E-state index contributed by atoms with van der Waals surface area (Å²) in [5.41, 5.74) is 6.67. The normalized spacial score (nSPS) is 25.4. The van der Waals surface area contributed by atoms with Crippen molar-refractivity contribution in [1.82, 2.24) is 5.32 Å². The SMILES string of the molecule is CC1CCC(NC(=O)c2sc3ccc(Cl)cc3c2N)C1C. The van der Waals surface area contributed by atoms with E-state index in [4.69, 9.17) is 17.3 Å². The van der Waals surface area contributed by atoms with Gasteiger partial charge in [-0.15, -0.1) is 11.3 Å². The number of benzene rings is 1. The molecule has 1 saturated carbocycles. The number of carbonyl (C=O) groups excluding carboxylic acids is 1. The molecule has 1 fully saturated rings. The highest BCUT2D eigenvalue weighted by Crippen LogP contribution is 2.36. The fourth-order valence-corrected chi connectivity index (χ4v) is 4.24. The Balaban J connectivity index is 1.86. The van der Waals surface area contributed by atoms with Crippen LogP contribution in [-0.4, -0.2) is 11.9 Å². The fraction of sp³-hybridized carbons (Fsp3) is 0.438. The van der Waals surface area contributed by atoms with E-state index in [1.807, 2.05) is 18.2 Å². The van der Waals surface area contributed by atoms with Gasteiger partial charge in [0.1, 0.15) is 4.88 Å². The molecule has 0 spiro atoms. The van der Waals surface area contributed by atoms with Gasteiger partial charge in [-0.05, 0) is 42.9 Å². The number of thiophene rings is 1. The third-order valence-electron chi connectivity index (χ3n) is 4.68. The van der Waals surface area contributed by atoms with Crippen LogP contribution in [0, 0.1) is 11.8 Å². The highest BCUT2D eigenvalue weighted by atomic mass is 35.5. The molecular formula is C16H19ClN2OS. The summed E-state index contributed by atoms with van der Waals surface area (Å²) >= 11 is 7.43. The Morgan fingerprint density at radius 3 is 2.81 bits per heavy atom. The number of amides is 1. The van der Waals surface area contributed by atoms with Gasteiger partial charge in [0.2, 0.25) is 0 Å². The van der Waals surface area contributed by atoms with Crippen molar-refractivity contribution in [3.8, 4) is 0 Å². The molecule has 3 N–H and O–H groups in total. The molecule has 3 rings (SSSR count). The second-order valence-electron chi connectivity index (χ2n) is 5.98. The first-order valence-electron chi connectivity index (χ1n) is 7.25. The molecule has 3 nitrogen and oxygen atoms in total. The Morgan fingerprint density at radius 1 is 1.38 bits per heavy atom. The van der Waals surface area contributed by atoms with E-state index in [1.165, 1.54) is 17.8 Å². The van der Waals surface area contributed by atoms with Crippen molar-refractivity contribution in [2.45, 2.75) is 32.7 Å². The quantitative estimate of drug-likeness (QED) is 0.866. The first-order chi connectivity index (χ1) is 9.97.